The van der Waals surface area contributed by atoms with Crippen molar-refractivity contribution in [2.45, 2.75) is 12.8 Å². The van der Waals surface area contributed by atoms with Crippen molar-refractivity contribution in [1.29, 1.82) is 0 Å². The normalized spacial score (nSPS) is 10.9. The van der Waals surface area contributed by atoms with Gasteiger partial charge in [0, 0.05) is 30.1 Å². The number of rotatable bonds is 12. The van der Waals surface area contributed by atoms with E-state index in [-0.39, 0.29) is 10.8 Å². The fourth-order valence-corrected chi connectivity index (χ4v) is 3.17. The van der Waals surface area contributed by atoms with Crippen molar-refractivity contribution >= 4 is 39.8 Å². The third-order valence-electron chi connectivity index (χ3n) is 4.63. The second kappa shape index (κ2) is 11.6. The molecule has 1 heterocycles. The number of Topliss-reactive ketones (excluding diaryl/α,β-unsaturated/α-hetero) is 1. The molecule has 32 heavy (non-hydrogen) atoms. The van der Waals surface area contributed by atoms with E-state index in [2.05, 4.69) is 20.6 Å². The number of benzene rings is 2. The minimum absolute atomic E-state index is 0.00674. The molecule has 0 radical (unpaired) electrons. The van der Waals surface area contributed by atoms with Crippen LogP contribution in [0.5, 0.6) is 11.5 Å². The molecule has 0 atom stereocenters. The molecule has 0 saturated heterocycles. The van der Waals surface area contributed by atoms with Crippen LogP contribution in [0.1, 0.15) is 12.8 Å². The van der Waals surface area contributed by atoms with Crippen molar-refractivity contribution < 1.29 is 23.8 Å². The lowest BCUT2D eigenvalue weighted by Gasteiger charge is -2.14. The molecule has 0 aliphatic carbocycles. The molecule has 3 N–H and O–H groups in total. The number of anilines is 2. The molecule has 8 nitrogen and oxygen atoms in total. The standard InChI is InChI=1S/C22H24ClFN4O4/c1-31-20-11-19-16(10-21(20)32-8-7-25-6-2-3-15(30)12-29)22(27-13-26-19)28-14-4-5-18(24)17(23)9-14/h4-5,9-11,13,25,29H,2-3,6-8,12H2,1H3,(H,26,27,28). The Morgan fingerprint density at radius 2 is 2.03 bits per heavy atom. The van der Waals surface area contributed by atoms with Crippen LogP contribution in [0.3, 0.4) is 0 Å². The number of aliphatic hydroxyl groups excluding tert-OH is 1. The molecule has 0 aliphatic heterocycles. The first-order valence-corrected chi connectivity index (χ1v) is 10.4. The highest BCUT2D eigenvalue weighted by Gasteiger charge is 2.12. The topological polar surface area (TPSA) is 106 Å². The Bertz CT molecular complexity index is 1080. The summed E-state index contributed by atoms with van der Waals surface area (Å²) in [5.41, 5.74) is 1.23. The Morgan fingerprint density at radius 3 is 2.78 bits per heavy atom. The molecule has 0 unspecified atom stereocenters. The maximum Gasteiger partial charge on any atom is 0.162 e. The van der Waals surface area contributed by atoms with Crippen LogP contribution in [0.2, 0.25) is 5.02 Å². The van der Waals surface area contributed by atoms with Gasteiger partial charge in [0.05, 0.1) is 17.6 Å². The first-order chi connectivity index (χ1) is 15.5. The number of carbonyl (C=O) groups is 1. The van der Waals surface area contributed by atoms with Crippen LogP contribution in [0.4, 0.5) is 15.9 Å². The van der Waals surface area contributed by atoms with Crippen LogP contribution < -0.4 is 20.1 Å². The molecule has 0 spiro atoms. The summed E-state index contributed by atoms with van der Waals surface area (Å²) in [6.07, 6.45) is 2.41. The fourth-order valence-electron chi connectivity index (χ4n) is 2.99. The second-order valence-electron chi connectivity index (χ2n) is 6.90. The number of hydrogen-bond acceptors (Lipinski definition) is 8. The summed E-state index contributed by atoms with van der Waals surface area (Å²) in [6.45, 7) is 1.17. The highest BCUT2D eigenvalue weighted by atomic mass is 35.5. The van der Waals surface area contributed by atoms with Gasteiger partial charge in [0.25, 0.3) is 0 Å². The molecule has 0 saturated carbocycles. The molecular weight excluding hydrogens is 439 g/mol. The van der Waals surface area contributed by atoms with Gasteiger partial charge >= 0.3 is 0 Å². The number of aliphatic hydroxyl groups is 1. The predicted molar refractivity (Wildman–Crippen MR) is 120 cm³/mol. The van der Waals surface area contributed by atoms with Gasteiger partial charge in [-0.3, -0.25) is 4.79 Å². The first-order valence-electron chi connectivity index (χ1n) is 10.0. The summed E-state index contributed by atoms with van der Waals surface area (Å²) in [5.74, 6) is 0.891. The van der Waals surface area contributed by atoms with E-state index in [0.29, 0.717) is 66.4 Å². The summed E-state index contributed by atoms with van der Waals surface area (Å²) in [7, 11) is 1.55. The lowest BCUT2D eigenvalue weighted by atomic mass is 10.2. The molecule has 10 heteroatoms. The van der Waals surface area contributed by atoms with E-state index in [9.17, 15) is 9.18 Å². The summed E-state index contributed by atoms with van der Waals surface area (Å²) >= 11 is 5.87. The zero-order valence-corrected chi connectivity index (χ0v) is 18.3. The smallest absolute Gasteiger partial charge is 0.162 e. The number of aromatic nitrogens is 2. The van der Waals surface area contributed by atoms with Crippen molar-refractivity contribution in [2.24, 2.45) is 0 Å². The molecule has 2 aromatic carbocycles. The Labute approximate surface area is 189 Å². The van der Waals surface area contributed by atoms with E-state index < -0.39 is 12.4 Å². The van der Waals surface area contributed by atoms with Crippen LogP contribution in [0.15, 0.2) is 36.7 Å². The number of nitrogens with zero attached hydrogens (tertiary/aromatic N) is 2. The quantitative estimate of drug-likeness (QED) is 0.351. The molecule has 3 rings (SSSR count). The number of nitrogens with one attached hydrogen (secondary N) is 2. The lowest BCUT2D eigenvalue weighted by molar-refractivity contribution is -0.121. The molecular formula is C22H24ClFN4O4. The third kappa shape index (κ3) is 6.25. The average Bonchev–Trinajstić information content (AvgIpc) is 2.80. The van der Waals surface area contributed by atoms with Gasteiger partial charge in [0.2, 0.25) is 0 Å². The van der Waals surface area contributed by atoms with E-state index in [4.69, 9.17) is 26.2 Å². The summed E-state index contributed by atoms with van der Waals surface area (Å²) < 4.78 is 24.8. The molecule has 0 amide bonds. The van der Waals surface area contributed by atoms with Crippen LogP contribution in [0.25, 0.3) is 10.9 Å². The first kappa shape index (κ1) is 23.6. The van der Waals surface area contributed by atoms with Gasteiger partial charge in [-0.2, -0.15) is 0 Å². The lowest BCUT2D eigenvalue weighted by Crippen LogP contribution is -2.23. The maximum atomic E-state index is 13.4. The van der Waals surface area contributed by atoms with Crippen LogP contribution in [-0.4, -0.2) is 54.3 Å². The van der Waals surface area contributed by atoms with Crippen LogP contribution >= 0.6 is 11.6 Å². The highest BCUT2D eigenvalue weighted by Crippen LogP contribution is 2.35. The van der Waals surface area contributed by atoms with Gasteiger partial charge in [0.1, 0.15) is 31.2 Å². The molecule has 3 aromatic rings. The van der Waals surface area contributed by atoms with E-state index in [0.717, 1.165) is 0 Å². The number of methoxy groups -OCH3 is 1. The molecule has 1 aromatic heterocycles. The Morgan fingerprint density at radius 1 is 1.19 bits per heavy atom. The number of ether oxygens (including phenoxy) is 2. The average molecular weight is 463 g/mol. The minimum Gasteiger partial charge on any atom is -0.493 e. The number of hydrogen-bond donors (Lipinski definition) is 3. The van der Waals surface area contributed by atoms with Crippen LogP contribution in [-0.2, 0) is 4.79 Å². The summed E-state index contributed by atoms with van der Waals surface area (Å²) in [4.78, 5) is 19.7. The Kier molecular flexibility index (Phi) is 8.55. The maximum absolute atomic E-state index is 13.4. The summed E-state index contributed by atoms with van der Waals surface area (Å²) in [6, 6.07) is 7.85. The van der Waals surface area contributed by atoms with Crippen molar-refractivity contribution in [1.82, 2.24) is 15.3 Å². The second-order valence-corrected chi connectivity index (χ2v) is 7.30. The van der Waals surface area contributed by atoms with E-state index in [1.54, 1.807) is 25.3 Å². The number of ketones is 1. The van der Waals surface area contributed by atoms with Crippen molar-refractivity contribution in [3.05, 3.63) is 47.5 Å². The molecule has 0 aliphatic rings. The minimum atomic E-state index is -0.501. The largest absolute Gasteiger partial charge is 0.493 e. The molecule has 170 valence electrons. The van der Waals surface area contributed by atoms with Crippen molar-refractivity contribution in [3.63, 3.8) is 0 Å². The zero-order valence-electron chi connectivity index (χ0n) is 17.5. The number of carbonyl (C=O) groups excluding carboxylic acids is 1. The SMILES string of the molecule is COc1cc2ncnc(Nc3ccc(F)c(Cl)c3)c2cc1OCCNCCCC(=O)CO. The van der Waals surface area contributed by atoms with Crippen molar-refractivity contribution in [2.75, 3.05) is 38.7 Å². The fraction of sp³-hybridized carbons (Fsp3) is 0.318. The van der Waals surface area contributed by atoms with Gasteiger partial charge in [-0.05, 0) is 37.2 Å². The Balaban J connectivity index is 1.69. The van der Waals surface area contributed by atoms with Crippen LogP contribution in [0, 0.1) is 5.82 Å². The number of fused-ring (bicyclic) bond motifs is 1. The summed E-state index contributed by atoms with van der Waals surface area (Å²) in [5, 5.41) is 15.7. The van der Waals surface area contributed by atoms with Gasteiger partial charge in [-0.15, -0.1) is 0 Å². The van der Waals surface area contributed by atoms with E-state index in [1.165, 1.54) is 18.5 Å². The molecule has 0 fully saturated rings. The Hall–Kier alpha value is -3.01. The van der Waals surface area contributed by atoms with Gasteiger partial charge in [-0.1, -0.05) is 11.6 Å². The highest BCUT2D eigenvalue weighted by molar-refractivity contribution is 6.31. The molecule has 0 bridgehead atoms. The van der Waals surface area contributed by atoms with Gasteiger partial charge < -0.3 is 25.2 Å². The predicted octanol–water partition coefficient (Wildman–Crippen LogP) is 3.48. The van der Waals surface area contributed by atoms with Crippen molar-refractivity contribution in [3.8, 4) is 11.5 Å². The van der Waals surface area contributed by atoms with Gasteiger partial charge in [-0.25, -0.2) is 14.4 Å². The third-order valence-corrected chi connectivity index (χ3v) is 4.91. The monoisotopic (exact) mass is 462 g/mol. The van der Waals surface area contributed by atoms with E-state index >= 15 is 0 Å². The van der Waals surface area contributed by atoms with Gasteiger partial charge in [0.15, 0.2) is 17.3 Å². The van der Waals surface area contributed by atoms with E-state index in [1.807, 2.05) is 0 Å². The zero-order chi connectivity index (χ0) is 22.9. The number of halogens is 2.